The van der Waals surface area contributed by atoms with Gasteiger partial charge in [-0.1, -0.05) is 29.8 Å². The molecule has 2 heterocycles. The number of benzene rings is 1. The van der Waals surface area contributed by atoms with E-state index in [1.54, 1.807) is 0 Å². The average molecular weight is 256 g/mol. The fraction of sp³-hybridized carbons (Fsp3) is 0.400. The number of fused-ring (bicyclic) bond motifs is 1. The highest BCUT2D eigenvalue weighted by Gasteiger charge is 2.28. The molecule has 1 aliphatic rings. The normalized spacial score (nSPS) is 20.7. The minimum Gasteiger partial charge on any atom is -0.356 e. The first kappa shape index (κ1) is 12.4. The Morgan fingerprint density at radius 1 is 1.42 bits per heavy atom. The predicted octanol–water partition coefficient (Wildman–Crippen LogP) is 3.06. The zero-order valence-corrected chi connectivity index (χ0v) is 11.0. The van der Waals surface area contributed by atoms with Gasteiger partial charge in [-0.2, -0.15) is 5.43 Å². The molecule has 3 rings (SSSR count). The van der Waals surface area contributed by atoms with E-state index in [-0.39, 0.29) is 6.04 Å². The lowest BCUT2D eigenvalue weighted by Crippen LogP contribution is -2.39. The maximum atomic E-state index is 5.42. The summed E-state index contributed by atoms with van der Waals surface area (Å²) in [5.41, 5.74) is 6.45. The van der Waals surface area contributed by atoms with Crippen molar-refractivity contribution in [3.8, 4) is 0 Å². The van der Waals surface area contributed by atoms with Crippen LogP contribution < -0.4 is 5.43 Å². The van der Waals surface area contributed by atoms with Gasteiger partial charge in [0, 0.05) is 18.5 Å². The van der Waals surface area contributed by atoms with E-state index in [0.29, 0.717) is 6.54 Å². The highest BCUT2D eigenvalue weighted by molar-refractivity contribution is 5.79. The molecule has 0 spiro atoms. The second-order valence-electron chi connectivity index (χ2n) is 4.85. The minimum atomic E-state index is 0.234. The predicted molar refractivity (Wildman–Crippen MR) is 74.5 cm³/mol. The van der Waals surface area contributed by atoms with Crippen LogP contribution in [0, 0.1) is 0 Å². The Hall–Kier alpha value is -1.65. The smallest absolute Gasteiger partial charge is 0.167 e. The molecule has 1 aromatic heterocycles. The number of hydrogen-bond acceptors (Lipinski definition) is 3. The first-order chi connectivity index (χ1) is 9.40. The van der Waals surface area contributed by atoms with Crippen LogP contribution >= 0.6 is 0 Å². The average Bonchev–Trinajstić information content (AvgIpc) is 2.89. The number of aromatic nitrogens is 1. The van der Waals surface area contributed by atoms with Gasteiger partial charge in [0.15, 0.2) is 5.58 Å². The summed E-state index contributed by atoms with van der Waals surface area (Å²) in [4.78, 5) is 0. The van der Waals surface area contributed by atoms with Gasteiger partial charge in [0.05, 0.1) is 6.04 Å². The van der Waals surface area contributed by atoms with Gasteiger partial charge in [-0.15, -0.1) is 6.58 Å². The lowest BCUT2D eigenvalue weighted by atomic mass is 9.99. The summed E-state index contributed by atoms with van der Waals surface area (Å²) in [7, 11) is 0. The van der Waals surface area contributed by atoms with Crippen molar-refractivity contribution in [1.29, 1.82) is 0 Å². The molecule has 1 aliphatic heterocycles. The van der Waals surface area contributed by atoms with Crippen molar-refractivity contribution < 1.29 is 4.52 Å². The highest BCUT2D eigenvalue weighted by Crippen LogP contribution is 2.33. The molecule has 1 radical (unpaired) electrons. The molecule has 0 bridgehead atoms. The molecule has 1 saturated heterocycles. The summed E-state index contributed by atoms with van der Waals surface area (Å²) < 4.78 is 5.42. The Morgan fingerprint density at radius 3 is 3.21 bits per heavy atom. The van der Waals surface area contributed by atoms with Crippen molar-refractivity contribution in [2.24, 2.45) is 0 Å². The lowest BCUT2D eigenvalue weighted by molar-refractivity contribution is 0.0818. The van der Waals surface area contributed by atoms with Crippen molar-refractivity contribution >= 4 is 11.0 Å². The Bertz CT molecular complexity index is 563. The molecule has 1 aromatic carbocycles. The first-order valence-corrected chi connectivity index (χ1v) is 6.79. The fourth-order valence-electron chi connectivity index (χ4n) is 2.67. The van der Waals surface area contributed by atoms with E-state index in [9.17, 15) is 0 Å². The van der Waals surface area contributed by atoms with E-state index in [1.807, 2.05) is 24.3 Å². The molecule has 99 valence electrons. The summed E-state index contributed by atoms with van der Waals surface area (Å²) >= 11 is 0. The number of para-hydroxylation sites is 1. The Kier molecular flexibility index (Phi) is 3.62. The van der Waals surface area contributed by atoms with Gasteiger partial charge in [-0.25, -0.2) is 5.01 Å². The molecule has 1 atom stereocenters. The molecule has 1 fully saturated rings. The summed E-state index contributed by atoms with van der Waals surface area (Å²) in [5.74, 6) is 0. The fourth-order valence-corrected chi connectivity index (χ4v) is 2.67. The molecule has 4 nitrogen and oxygen atoms in total. The van der Waals surface area contributed by atoms with Gasteiger partial charge >= 0.3 is 0 Å². The SMILES string of the molecule is C=CC[N]N1CCCCC1c1noc2ccccc12. The van der Waals surface area contributed by atoms with Crippen molar-refractivity contribution in [3.63, 3.8) is 0 Å². The van der Waals surface area contributed by atoms with Crippen molar-refractivity contribution in [1.82, 2.24) is 15.6 Å². The molecule has 19 heavy (non-hydrogen) atoms. The van der Waals surface area contributed by atoms with Crippen LogP contribution in [0.2, 0.25) is 0 Å². The van der Waals surface area contributed by atoms with Crippen molar-refractivity contribution in [2.75, 3.05) is 13.1 Å². The third kappa shape index (κ3) is 2.41. The zero-order valence-electron chi connectivity index (χ0n) is 11.0. The van der Waals surface area contributed by atoms with Crippen LogP contribution in [0.3, 0.4) is 0 Å². The standard InChI is InChI=1S/C15H18N3O/c1-2-10-16-18-11-6-5-8-13(18)15-12-7-3-4-9-14(12)19-17-15/h2-4,7,9,13H,1,5-6,8,10-11H2. The van der Waals surface area contributed by atoms with Crippen LogP contribution in [-0.4, -0.2) is 23.3 Å². The monoisotopic (exact) mass is 256 g/mol. The molecule has 2 aromatic rings. The summed E-state index contributed by atoms with van der Waals surface area (Å²) in [6.07, 6.45) is 5.31. The van der Waals surface area contributed by atoms with Crippen LogP contribution in [0.5, 0.6) is 0 Å². The topological polar surface area (TPSA) is 43.4 Å². The number of piperidine rings is 1. The molecule has 0 saturated carbocycles. The lowest BCUT2D eigenvalue weighted by Gasteiger charge is -2.33. The van der Waals surface area contributed by atoms with Gasteiger partial charge in [0.2, 0.25) is 0 Å². The highest BCUT2D eigenvalue weighted by atomic mass is 16.5. The van der Waals surface area contributed by atoms with E-state index in [0.717, 1.165) is 29.6 Å². The van der Waals surface area contributed by atoms with Gasteiger partial charge in [0.1, 0.15) is 5.69 Å². The molecule has 0 N–H and O–H groups in total. The number of rotatable bonds is 4. The zero-order chi connectivity index (χ0) is 13.1. The Morgan fingerprint density at radius 2 is 2.32 bits per heavy atom. The number of hydrogen-bond donors (Lipinski definition) is 0. The maximum Gasteiger partial charge on any atom is 0.167 e. The second kappa shape index (κ2) is 5.55. The molecule has 1 unspecified atom stereocenters. The van der Waals surface area contributed by atoms with Crippen LogP contribution in [0.4, 0.5) is 0 Å². The van der Waals surface area contributed by atoms with E-state index >= 15 is 0 Å². The van der Waals surface area contributed by atoms with E-state index in [2.05, 4.69) is 28.2 Å². The largest absolute Gasteiger partial charge is 0.356 e. The third-order valence-electron chi connectivity index (χ3n) is 3.59. The molecular formula is C15H18N3O. The third-order valence-corrected chi connectivity index (χ3v) is 3.59. The Labute approximate surface area is 113 Å². The summed E-state index contributed by atoms with van der Waals surface area (Å²) in [5, 5.41) is 7.53. The van der Waals surface area contributed by atoms with Crippen molar-refractivity contribution in [3.05, 3.63) is 42.6 Å². The Balaban J connectivity index is 1.91. The number of nitrogens with zero attached hydrogens (tertiary/aromatic N) is 3. The van der Waals surface area contributed by atoms with Gasteiger partial charge in [-0.3, -0.25) is 0 Å². The van der Waals surface area contributed by atoms with Crippen LogP contribution in [0.1, 0.15) is 31.0 Å². The van der Waals surface area contributed by atoms with Gasteiger partial charge in [-0.05, 0) is 25.0 Å². The molecule has 0 aliphatic carbocycles. The molecule has 4 heteroatoms. The summed E-state index contributed by atoms with van der Waals surface area (Å²) in [6.45, 7) is 5.37. The van der Waals surface area contributed by atoms with E-state index in [1.165, 1.54) is 12.8 Å². The van der Waals surface area contributed by atoms with Crippen molar-refractivity contribution in [2.45, 2.75) is 25.3 Å². The maximum absolute atomic E-state index is 5.42. The second-order valence-corrected chi connectivity index (χ2v) is 4.85. The van der Waals surface area contributed by atoms with E-state index < -0.39 is 0 Å². The van der Waals surface area contributed by atoms with Crippen LogP contribution in [0.25, 0.3) is 11.0 Å². The molecule has 0 amide bonds. The minimum absolute atomic E-state index is 0.234. The van der Waals surface area contributed by atoms with Crippen LogP contribution in [0.15, 0.2) is 41.4 Å². The first-order valence-electron chi connectivity index (χ1n) is 6.79. The summed E-state index contributed by atoms with van der Waals surface area (Å²) in [6, 6.07) is 8.26. The van der Waals surface area contributed by atoms with Gasteiger partial charge < -0.3 is 4.52 Å². The molecular weight excluding hydrogens is 238 g/mol. The van der Waals surface area contributed by atoms with Crippen LogP contribution in [-0.2, 0) is 0 Å². The van der Waals surface area contributed by atoms with Gasteiger partial charge in [0.25, 0.3) is 0 Å². The van der Waals surface area contributed by atoms with E-state index in [4.69, 9.17) is 4.52 Å². The quantitative estimate of drug-likeness (QED) is 0.790.